The van der Waals surface area contributed by atoms with Crippen molar-refractivity contribution in [1.29, 1.82) is 0 Å². The van der Waals surface area contributed by atoms with Crippen molar-refractivity contribution in [2.45, 2.75) is 26.7 Å². The fourth-order valence-corrected chi connectivity index (χ4v) is 1.67. The second kappa shape index (κ2) is 5.04. The zero-order chi connectivity index (χ0) is 13.1. The van der Waals surface area contributed by atoms with E-state index in [2.05, 4.69) is 24.3 Å². The van der Waals surface area contributed by atoms with Crippen molar-refractivity contribution < 1.29 is 9.32 Å². The van der Waals surface area contributed by atoms with E-state index < -0.39 is 0 Å². The topological polar surface area (TPSA) is 55.1 Å². The number of anilines is 1. The molecule has 1 heterocycles. The highest BCUT2D eigenvalue weighted by Gasteiger charge is 2.12. The first kappa shape index (κ1) is 12.4. The largest absolute Gasteiger partial charge is 0.361 e. The Hall–Kier alpha value is -2.10. The minimum atomic E-state index is -0.203. The van der Waals surface area contributed by atoms with Gasteiger partial charge in [0.2, 0.25) is 0 Å². The van der Waals surface area contributed by atoms with Crippen LogP contribution in [0.4, 0.5) is 5.69 Å². The summed E-state index contributed by atoms with van der Waals surface area (Å²) in [4.78, 5) is 11.9. The lowest BCUT2D eigenvalue weighted by Gasteiger charge is -2.07. The maximum Gasteiger partial charge on any atom is 0.260 e. The monoisotopic (exact) mass is 244 g/mol. The third kappa shape index (κ3) is 2.59. The second-order valence-electron chi connectivity index (χ2n) is 4.53. The molecule has 18 heavy (non-hydrogen) atoms. The molecule has 2 rings (SSSR count). The van der Waals surface area contributed by atoms with Gasteiger partial charge in [-0.25, -0.2) is 0 Å². The van der Waals surface area contributed by atoms with Crippen LogP contribution in [0.3, 0.4) is 0 Å². The number of aryl methyl sites for hydroxylation is 1. The number of benzene rings is 1. The molecule has 0 saturated heterocycles. The summed E-state index contributed by atoms with van der Waals surface area (Å²) in [7, 11) is 0. The Balaban J connectivity index is 2.10. The van der Waals surface area contributed by atoms with E-state index in [1.807, 2.05) is 24.3 Å². The van der Waals surface area contributed by atoms with Gasteiger partial charge in [-0.05, 0) is 30.5 Å². The molecule has 2 aromatic rings. The summed E-state index contributed by atoms with van der Waals surface area (Å²) in [5, 5.41) is 6.40. The molecule has 0 bridgehead atoms. The summed E-state index contributed by atoms with van der Waals surface area (Å²) in [5.74, 6) is 0.799. The molecule has 0 aliphatic carbocycles. The predicted octanol–water partition coefficient (Wildman–Crippen LogP) is 3.36. The van der Waals surface area contributed by atoms with Crippen molar-refractivity contribution in [3.63, 3.8) is 0 Å². The molecule has 1 aromatic carbocycles. The van der Waals surface area contributed by atoms with E-state index in [1.54, 1.807) is 6.92 Å². The number of nitrogens with zero attached hydrogens (tertiary/aromatic N) is 1. The Morgan fingerprint density at radius 2 is 1.94 bits per heavy atom. The molecule has 0 atom stereocenters. The average molecular weight is 244 g/mol. The Morgan fingerprint density at radius 3 is 2.44 bits per heavy atom. The Labute approximate surface area is 106 Å². The maximum absolute atomic E-state index is 11.9. The quantitative estimate of drug-likeness (QED) is 0.900. The van der Waals surface area contributed by atoms with Crippen molar-refractivity contribution in [3.8, 4) is 0 Å². The number of hydrogen-bond donors (Lipinski definition) is 1. The van der Waals surface area contributed by atoms with Gasteiger partial charge in [0.25, 0.3) is 5.91 Å². The molecule has 0 fully saturated rings. The SMILES string of the molecule is Cc1oncc1C(=O)Nc1ccc(C(C)C)cc1. The maximum atomic E-state index is 11.9. The van der Waals surface area contributed by atoms with Gasteiger partial charge in [-0.2, -0.15) is 0 Å². The lowest BCUT2D eigenvalue weighted by Crippen LogP contribution is -2.12. The summed E-state index contributed by atoms with van der Waals surface area (Å²) in [5.41, 5.74) is 2.47. The number of nitrogens with one attached hydrogen (secondary N) is 1. The fraction of sp³-hybridized carbons (Fsp3) is 0.286. The molecule has 1 amide bonds. The van der Waals surface area contributed by atoms with Crippen molar-refractivity contribution in [1.82, 2.24) is 5.16 Å². The molecular formula is C14H16N2O2. The van der Waals surface area contributed by atoms with Gasteiger partial charge in [0.1, 0.15) is 11.3 Å². The van der Waals surface area contributed by atoms with Crippen LogP contribution >= 0.6 is 0 Å². The lowest BCUT2D eigenvalue weighted by molar-refractivity contribution is 0.102. The van der Waals surface area contributed by atoms with Gasteiger partial charge in [-0.15, -0.1) is 0 Å². The van der Waals surface area contributed by atoms with Crippen LogP contribution in [0.1, 0.15) is 41.4 Å². The average Bonchev–Trinajstić information content (AvgIpc) is 2.76. The highest BCUT2D eigenvalue weighted by atomic mass is 16.5. The summed E-state index contributed by atoms with van der Waals surface area (Å²) >= 11 is 0. The van der Waals surface area contributed by atoms with Crippen LogP contribution in [0, 0.1) is 6.92 Å². The summed E-state index contributed by atoms with van der Waals surface area (Å²) < 4.78 is 4.86. The van der Waals surface area contributed by atoms with E-state index in [0.717, 1.165) is 5.69 Å². The van der Waals surface area contributed by atoms with Crippen LogP contribution in [0.2, 0.25) is 0 Å². The number of aromatic nitrogens is 1. The van der Waals surface area contributed by atoms with Gasteiger partial charge >= 0.3 is 0 Å². The lowest BCUT2D eigenvalue weighted by atomic mass is 10.0. The van der Waals surface area contributed by atoms with E-state index in [9.17, 15) is 4.79 Å². The third-order valence-electron chi connectivity index (χ3n) is 2.83. The molecule has 1 N–H and O–H groups in total. The number of amides is 1. The zero-order valence-electron chi connectivity index (χ0n) is 10.7. The van der Waals surface area contributed by atoms with Gasteiger partial charge in [-0.3, -0.25) is 4.79 Å². The summed E-state index contributed by atoms with van der Waals surface area (Å²) in [6, 6.07) is 7.83. The summed E-state index contributed by atoms with van der Waals surface area (Å²) in [6.45, 7) is 5.98. The number of carbonyl (C=O) groups excluding carboxylic acids is 1. The molecule has 1 aromatic heterocycles. The van der Waals surface area contributed by atoms with E-state index in [0.29, 0.717) is 17.2 Å². The minimum absolute atomic E-state index is 0.203. The van der Waals surface area contributed by atoms with Crippen LogP contribution in [-0.2, 0) is 0 Å². The van der Waals surface area contributed by atoms with Gasteiger partial charge in [0.05, 0.1) is 6.20 Å². The smallest absolute Gasteiger partial charge is 0.260 e. The first-order chi connectivity index (χ1) is 8.58. The molecule has 0 radical (unpaired) electrons. The van der Waals surface area contributed by atoms with Gasteiger partial charge < -0.3 is 9.84 Å². The first-order valence-electron chi connectivity index (χ1n) is 5.90. The van der Waals surface area contributed by atoms with Crippen LogP contribution in [-0.4, -0.2) is 11.1 Å². The van der Waals surface area contributed by atoms with Crippen molar-refractivity contribution in [3.05, 3.63) is 47.3 Å². The van der Waals surface area contributed by atoms with E-state index >= 15 is 0 Å². The Morgan fingerprint density at radius 1 is 1.28 bits per heavy atom. The molecule has 0 saturated carbocycles. The normalized spacial score (nSPS) is 10.7. The van der Waals surface area contributed by atoms with Crippen LogP contribution in [0.5, 0.6) is 0 Å². The number of carbonyl (C=O) groups is 1. The van der Waals surface area contributed by atoms with Crippen LogP contribution < -0.4 is 5.32 Å². The highest BCUT2D eigenvalue weighted by Crippen LogP contribution is 2.18. The molecule has 0 aliphatic heterocycles. The minimum Gasteiger partial charge on any atom is -0.361 e. The van der Waals surface area contributed by atoms with E-state index in [4.69, 9.17) is 4.52 Å². The first-order valence-corrected chi connectivity index (χ1v) is 5.90. The summed E-state index contributed by atoms with van der Waals surface area (Å²) in [6.07, 6.45) is 1.42. The van der Waals surface area contributed by atoms with Gasteiger partial charge in [0, 0.05) is 5.69 Å². The third-order valence-corrected chi connectivity index (χ3v) is 2.83. The predicted molar refractivity (Wildman–Crippen MR) is 69.7 cm³/mol. The standard InChI is InChI=1S/C14H16N2O2/c1-9(2)11-4-6-12(7-5-11)16-14(17)13-8-15-18-10(13)3/h4-9H,1-3H3,(H,16,17). The Kier molecular flexibility index (Phi) is 3.46. The molecular weight excluding hydrogens is 228 g/mol. The van der Waals surface area contributed by atoms with Crippen LogP contribution in [0.15, 0.2) is 35.0 Å². The molecule has 0 aliphatic rings. The molecule has 4 heteroatoms. The molecule has 4 nitrogen and oxygen atoms in total. The van der Waals surface area contributed by atoms with E-state index in [-0.39, 0.29) is 5.91 Å². The molecule has 0 unspecified atom stereocenters. The van der Waals surface area contributed by atoms with Crippen molar-refractivity contribution >= 4 is 11.6 Å². The Bertz CT molecular complexity index is 541. The molecule has 0 spiro atoms. The van der Waals surface area contributed by atoms with E-state index in [1.165, 1.54) is 11.8 Å². The highest BCUT2D eigenvalue weighted by molar-refractivity contribution is 6.04. The van der Waals surface area contributed by atoms with Crippen molar-refractivity contribution in [2.24, 2.45) is 0 Å². The second-order valence-corrected chi connectivity index (χ2v) is 4.53. The number of rotatable bonds is 3. The van der Waals surface area contributed by atoms with Gasteiger partial charge in [-0.1, -0.05) is 31.1 Å². The van der Waals surface area contributed by atoms with Gasteiger partial charge in [0.15, 0.2) is 0 Å². The van der Waals surface area contributed by atoms with Crippen molar-refractivity contribution in [2.75, 3.05) is 5.32 Å². The zero-order valence-corrected chi connectivity index (χ0v) is 10.7. The van der Waals surface area contributed by atoms with Crippen LogP contribution in [0.25, 0.3) is 0 Å². The number of hydrogen-bond acceptors (Lipinski definition) is 3. The molecule has 94 valence electrons. The fourth-order valence-electron chi connectivity index (χ4n) is 1.67.